The standard InChI is InChI=1S/C15H23BrN2/c1-10-7-12(9-15(3,4)8-10)18-13-5-6-14(16)17-11(13)2/h5-6,10,12,18H,7-9H2,1-4H3. The van der Waals surface area contributed by atoms with E-state index < -0.39 is 0 Å². The second kappa shape index (κ2) is 5.20. The van der Waals surface area contributed by atoms with E-state index in [0.717, 1.165) is 16.2 Å². The van der Waals surface area contributed by atoms with Crippen LogP contribution in [-0.2, 0) is 0 Å². The van der Waals surface area contributed by atoms with Crippen molar-refractivity contribution >= 4 is 21.6 Å². The molecule has 0 aromatic carbocycles. The Bertz CT molecular complexity index is 429. The van der Waals surface area contributed by atoms with Crippen LogP contribution in [0.3, 0.4) is 0 Å². The van der Waals surface area contributed by atoms with Gasteiger partial charge >= 0.3 is 0 Å². The number of hydrogen-bond acceptors (Lipinski definition) is 2. The average molecular weight is 311 g/mol. The highest BCUT2D eigenvalue weighted by molar-refractivity contribution is 9.10. The number of aryl methyl sites for hydroxylation is 1. The van der Waals surface area contributed by atoms with E-state index in [-0.39, 0.29) is 0 Å². The molecular formula is C15H23BrN2. The predicted molar refractivity (Wildman–Crippen MR) is 80.9 cm³/mol. The second-order valence-electron chi connectivity index (χ2n) is 6.52. The van der Waals surface area contributed by atoms with Gasteiger partial charge in [-0.3, -0.25) is 0 Å². The topological polar surface area (TPSA) is 24.9 Å². The van der Waals surface area contributed by atoms with E-state index in [4.69, 9.17) is 0 Å². The molecule has 2 unspecified atom stereocenters. The van der Waals surface area contributed by atoms with Crippen LogP contribution in [0.1, 0.15) is 45.7 Å². The third-order valence-corrected chi connectivity index (χ3v) is 4.24. The largest absolute Gasteiger partial charge is 0.381 e. The molecule has 2 nitrogen and oxygen atoms in total. The molecule has 0 saturated heterocycles. The lowest BCUT2D eigenvalue weighted by Crippen LogP contribution is -2.35. The zero-order valence-corrected chi connectivity index (χ0v) is 13.3. The Kier molecular flexibility index (Phi) is 4.00. The van der Waals surface area contributed by atoms with Crippen molar-refractivity contribution in [2.75, 3.05) is 5.32 Å². The normalized spacial score (nSPS) is 26.9. The van der Waals surface area contributed by atoms with Crippen molar-refractivity contribution in [1.29, 1.82) is 0 Å². The Morgan fingerprint density at radius 1 is 1.33 bits per heavy atom. The van der Waals surface area contributed by atoms with Crippen LogP contribution in [0.2, 0.25) is 0 Å². The monoisotopic (exact) mass is 310 g/mol. The zero-order chi connectivity index (χ0) is 13.3. The molecule has 1 saturated carbocycles. The molecule has 1 aromatic heterocycles. The molecule has 1 fully saturated rings. The van der Waals surface area contributed by atoms with E-state index in [1.807, 2.05) is 6.07 Å². The zero-order valence-electron chi connectivity index (χ0n) is 11.8. The van der Waals surface area contributed by atoms with Gasteiger partial charge in [0.1, 0.15) is 4.60 Å². The highest BCUT2D eigenvalue weighted by atomic mass is 79.9. The Hall–Kier alpha value is -0.570. The van der Waals surface area contributed by atoms with E-state index in [1.165, 1.54) is 24.9 Å². The Balaban J connectivity index is 2.09. The molecule has 2 rings (SSSR count). The van der Waals surface area contributed by atoms with Crippen LogP contribution in [0.5, 0.6) is 0 Å². The SMILES string of the molecule is Cc1nc(Br)ccc1NC1CC(C)CC(C)(C)C1. The number of rotatable bonds is 2. The molecule has 1 N–H and O–H groups in total. The van der Waals surface area contributed by atoms with Gasteiger partial charge in [0.15, 0.2) is 0 Å². The minimum absolute atomic E-state index is 0.450. The number of anilines is 1. The van der Waals surface area contributed by atoms with Crippen molar-refractivity contribution in [3.8, 4) is 0 Å². The van der Waals surface area contributed by atoms with Crippen molar-refractivity contribution in [2.24, 2.45) is 11.3 Å². The molecule has 0 spiro atoms. The second-order valence-corrected chi connectivity index (χ2v) is 7.33. The summed E-state index contributed by atoms with van der Waals surface area (Å²) >= 11 is 3.41. The first-order valence-electron chi connectivity index (χ1n) is 6.75. The minimum atomic E-state index is 0.450. The number of hydrogen-bond donors (Lipinski definition) is 1. The lowest BCUT2D eigenvalue weighted by molar-refractivity contribution is 0.178. The summed E-state index contributed by atoms with van der Waals surface area (Å²) in [7, 11) is 0. The summed E-state index contributed by atoms with van der Waals surface area (Å²) in [6.07, 6.45) is 3.84. The van der Waals surface area contributed by atoms with E-state index >= 15 is 0 Å². The Morgan fingerprint density at radius 3 is 2.67 bits per heavy atom. The fourth-order valence-corrected chi connectivity index (χ4v) is 3.76. The van der Waals surface area contributed by atoms with Crippen LogP contribution in [-0.4, -0.2) is 11.0 Å². The number of halogens is 1. The summed E-state index contributed by atoms with van der Waals surface area (Å²) in [5.74, 6) is 0.801. The molecule has 1 aromatic rings. The first-order valence-corrected chi connectivity index (χ1v) is 7.55. The summed E-state index contributed by atoms with van der Waals surface area (Å²) in [6, 6.07) is 4.70. The lowest BCUT2D eigenvalue weighted by Gasteiger charge is -2.39. The smallest absolute Gasteiger partial charge is 0.106 e. The fraction of sp³-hybridized carbons (Fsp3) is 0.667. The van der Waals surface area contributed by atoms with Crippen LogP contribution in [0.15, 0.2) is 16.7 Å². The van der Waals surface area contributed by atoms with Crippen LogP contribution in [0, 0.1) is 18.3 Å². The van der Waals surface area contributed by atoms with Gasteiger partial charge in [-0.15, -0.1) is 0 Å². The van der Waals surface area contributed by atoms with Gasteiger partial charge in [-0.1, -0.05) is 20.8 Å². The van der Waals surface area contributed by atoms with Gasteiger partial charge in [0.25, 0.3) is 0 Å². The van der Waals surface area contributed by atoms with Crippen molar-refractivity contribution in [3.63, 3.8) is 0 Å². The third-order valence-electron chi connectivity index (χ3n) is 3.80. The highest BCUT2D eigenvalue weighted by Gasteiger charge is 2.32. The molecule has 0 amide bonds. The summed E-state index contributed by atoms with van der Waals surface area (Å²) in [5, 5.41) is 3.68. The third kappa shape index (κ3) is 3.47. The maximum Gasteiger partial charge on any atom is 0.106 e. The number of aromatic nitrogens is 1. The highest BCUT2D eigenvalue weighted by Crippen LogP contribution is 2.39. The van der Waals surface area contributed by atoms with Crippen LogP contribution in [0.25, 0.3) is 0 Å². The van der Waals surface area contributed by atoms with E-state index in [1.54, 1.807) is 0 Å². The maximum atomic E-state index is 4.45. The summed E-state index contributed by atoms with van der Waals surface area (Å²) < 4.78 is 0.905. The molecule has 2 atom stereocenters. The fourth-order valence-electron chi connectivity index (χ4n) is 3.36. The van der Waals surface area contributed by atoms with Crippen molar-refractivity contribution < 1.29 is 0 Å². The molecular weight excluding hydrogens is 288 g/mol. The van der Waals surface area contributed by atoms with Gasteiger partial charge in [-0.2, -0.15) is 0 Å². The van der Waals surface area contributed by atoms with Gasteiger partial charge < -0.3 is 5.32 Å². The summed E-state index contributed by atoms with van der Waals surface area (Å²) in [6.45, 7) is 9.18. The van der Waals surface area contributed by atoms with Gasteiger partial charge in [0, 0.05) is 6.04 Å². The molecule has 0 bridgehead atoms. The van der Waals surface area contributed by atoms with Gasteiger partial charge in [0.05, 0.1) is 11.4 Å². The molecule has 1 heterocycles. The lowest BCUT2D eigenvalue weighted by atomic mass is 9.70. The molecule has 3 heteroatoms. The molecule has 0 aliphatic heterocycles. The minimum Gasteiger partial charge on any atom is -0.381 e. The molecule has 1 aliphatic carbocycles. The van der Waals surface area contributed by atoms with E-state index in [9.17, 15) is 0 Å². The number of nitrogens with one attached hydrogen (secondary N) is 1. The van der Waals surface area contributed by atoms with Gasteiger partial charge in [0.2, 0.25) is 0 Å². The molecule has 100 valence electrons. The first-order chi connectivity index (χ1) is 8.35. The average Bonchev–Trinajstić information content (AvgIpc) is 2.19. The van der Waals surface area contributed by atoms with Crippen LogP contribution >= 0.6 is 15.9 Å². The van der Waals surface area contributed by atoms with Crippen LogP contribution in [0.4, 0.5) is 5.69 Å². The van der Waals surface area contributed by atoms with E-state index in [0.29, 0.717) is 11.5 Å². The summed E-state index contributed by atoms with van der Waals surface area (Å²) in [4.78, 5) is 4.45. The molecule has 1 aliphatic rings. The predicted octanol–water partition coefficient (Wildman–Crippen LogP) is 4.78. The quantitative estimate of drug-likeness (QED) is 0.795. The molecule has 0 radical (unpaired) electrons. The first kappa shape index (κ1) is 13.9. The Morgan fingerprint density at radius 2 is 2.06 bits per heavy atom. The van der Waals surface area contributed by atoms with Crippen molar-refractivity contribution in [3.05, 3.63) is 22.4 Å². The number of pyridine rings is 1. The maximum absolute atomic E-state index is 4.45. The van der Waals surface area contributed by atoms with Crippen molar-refractivity contribution in [1.82, 2.24) is 4.98 Å². The summed E-state index contributed by atoms with van der Waals surface area (Å²) in [5.41, 5.74) is 2.69. The van der Waals surface area contributed by atoms with Crippen molar-refractivity contribution in [2.45, 2.75) is 53.0 Å². The van der Waals surface area contributed by atoms with E-state index in [2.05, 4.69) is 60.0 Å². The van der Waals surface area contributed by atoms with Gasteiger partial charge in [-0.05, 0) is 65.6 Å². The van der Waals surface area contributed by atoms with Gasteiger partial charge in [-0.25, -0.2) is 4.98 Å². The number of nitrogens with zero attached hydrogens (tertiary/aromatic N) is 1. The Labute approximate surface area is 119 Å². The van der Waals surface area contributed by atoms with Crippen LogP contribution < -0.4 is 5.32 Å². The molecule has 18 heavy (non-hydrogen) atoms.